The molecule has 1 aromatic carbocycles. The van der Waals surface area contributed by atoms with Crippen LogP contribution in [0, 0.1) is 11.3 Å². The summed E-state index contributed by atoms with van der Waals surface area (Å²) in [7, 11) is 0. The molecule has 2 fully saturated rings. The van der Waals surface area contributed by atoms with Crippen molar-refractivity contribution >= 4 is 11.6 Å². The van der Waals surface area contributed by atoms with Gasteiger partial charge in [-0.25, -0.2) is 0 Å². The fourth-order valence-electron chi connectivity index (χ4n) is 4.07. The molecule has 22 heavy (non-hydrogen) atoms. The third kappa shape index (κ3) is 2.24. The summed E-state index contributed by atoms with van der Waals surface area (Å²) >= 11 is 0. The maximum absolute atomic E-state index is 12.9. The second-order valence-corrected chi connectivity index (χ2v) is 6.54. The van der Waals surface area contributed by atoms with E-state index in [-0.39, 0.29) is 11.3 Å². The summed E-state index contributed by atoms with van der Waals surface area (Å²) < 4.78 is 11.1. The minimum atomic E-state index is -0.231. The number of amides is 1. The molecule has 1 aliphatic carbocycles. The van der Waals surface area contributed by atoms with Crippen LogP contribution in [0.3, 0.4) is 0 Å². The van der Waals surface area contributed by atoms with Crippen LogP contribution in [0.5, 0.6) is 11.5 Å². The zero-order chi connectivity index (χ0) is 15.0. The zero-order valence-electron chi connectivity index (χ0n) is 12.7. The van der Waals surface area contributed by atoms with Crippen LogP contribution in [0.4, 0.5) is 5.69 Å². The molecule has 1 aromatic rings. The summed E-state index contributed by atoms with van der Waals surface area (Å²) in [4.78, 5) is 12.9. The second kappa shape index (κ2) is 5.47. The summed E-state index contributed by atoms with van der Waals surface area (Å²) in [6.07, 6.45) is 4.53. The highest BCUT2D eigenvalue weighted by Gasteiger charge is 2.49. The van der Waals surface area contributed by atoms with Gasteiger partial charge in [0.1, 0.15) is 13.2 Å². The van der Waals surface area contributed by atoms with Crippen LogP contribution < -0.4 is 20.1 Å². The number of nitrogens with one attached hydrogen (secondary N) is 2. The van der Waals surface area contributed by atoms with Gasteiger partial charge in [0.2, 0.25) is 5.91 Å². The molecule has 2 heterocycles. The van der Waals surface area contributed by atoms with Crippen LogP contribution in [0.2, 0.25) is 0 Å². The standard InChI is InChI=1S/C17H22N2O3/c20-16(17-6-2-1-3-12(17)10-18-11-17)19-13-4-5-14-15(9-13)22-8-7-21-14/h4-5,9,12,18H,1-3,6-8,10-11H2,(H,19,20)/t12-,17+/m0/s1. The molecule has 1 saturated carbocycles. The van der Waals surface area contributed by atoms with Crippen molar-refractivity contribution in [3.05, 3.63) is 18.2 Å². The minimum Gasteiger partial charge on any atom is -0.486 e. The molecule has 1 saturated heterocycles. The van der Waals surface area contributed by atoms with Crippen LogP contribution >= 0.6 is 0 Å². The van der Waals surface area contributed by atoms with Gasteiger partial charge in [-0.1, -0.05) is 12.8 Å². The predicted molar refractivity (Wildman–Crippen MR) is 83.3 cm³/mol. The number of hydrogen-bond acceptors (Lipinski definition) is 4. The van der Waals surface area contributed by atoms with Gasteiger partial charge in [0, 0.05) is 18.3 Å². The molecule has 3 aliphatic rings. The molecule has 5 nitrogen and oxygen atoms in total. The minimum absolute atomic E-state index is 0.152. The van der Waals surface area contributed by atoms with Crippen molar-refractivity contribution < 1.29 is 14.3 Å². The van der Waals surface area contributed by atoms with E-state index in [1.165, 1.54) is 6.42 Å². The summed E-state index contributed by atoms with van der Waals surface area (Å²) in [5, 5.41) is 6.53. The number of anilines is 1. The first kappa shape index (κ1) is 13.9. The lowest BCUT2D eigenvalue weighted by atomic mass is 9.67. The Labute approximate surface area is 130 Å². The van der Waals surface area contributed by atoms with Crippen LogP contribution in [-0.2, 0) is 4.79 Å². The van der Waals surface area contributed by atoms with E-state index < -0.39 is 0 Å². The Hall–Kier alpha value is -1.75. The number of benzene rings is 1. The highest BCUT2D eigenvalue weighted by atomic mass is 16.6. The van der Waals surface area contributed by atoms with Crippen molar-refractivity contribution in [1.29, 1.82) is 0 Å². The van der Waals surface area contributed by atoms with Crippen molar-refractivity contribution in [2.24, 2.45) is 11.3 Å². The van der Waals surface area contributed by atoms with Crippen LogP contribution in [0.1, 0.15) is 25.7 Å². The molecule has 118 valence electrons. The maximum atomic E-state index is 12.9. The van der Waals surface area contributed by atoms with E-state index >= 15 is 0 Å². The Bertz CT molecular complexity index is 589. The number of hydrogen-bond donors (Lipinski definition) is 2. The molecule has 0 unspecified atom stereocenters. The van der Waals surface area contributed by atoms with Crippen LogP contribution in [-0.4, -0.2) is 32.2 Å². The lowest BCUT2D eigenvalue weighted by molar-refractivity contribution is -0.128. The van der Waals surface area contributed by atoms with Crippen LogP contribution in [0.25, 0.3) is 0 Å². The molecule has 2 atom stereocenters. The van der Waals surface area contributed by atoms with E-state index in [1.807, 2.05) is 18.2 Å². The smallest absolute Gasteiger partial charge is 0.232 e. The zero-order valence-corrected chi connectivity index (χ0v) is 12.7. The van der Waals surface area contributed by atoms with Gasteiger partial charge in [0.15, 0.2) is 11.5 Å². The number of ether oxygens (including phenoxy) is 2. The lowest BCUT2D eigenvalue weighted by Crippen LogP contribution is -2.44. The van der Waals surface area contributed by atoms with E-state index in [0.29, 0.717) is 24.9 Å². The summed E-state index contributed by atoms with van der Waals surface area (Å²) in [5.74, 6) is 2.09. The van der Waals surface area contributed by atoms with Crippen molar-refractivity contribution in [2.45, 2.75) is 25.7 Å². The average molecular weight is 302 g/mol. The Balaban J connectivity index is 1.54. The van der Waals surface area contributed by atoms with Crippen LogP contribution in [0.15, 0.2) is 18.2 Å². The van der Waals surface area contributed by atoms with E-state index in [9.17, 15) is 4.79 Å². The van der Waals surface area contributed by atoms with Crippen molar-refractivity contribution in [2.75, 3.05) is 31.6 Å². The topological polar surface area (TPSA) is 59.6 Å². The Morgan fingerprint density at radius 1 is 1.23 bits per heavy atom. The van der Waals surface area contributed by atoms with Gasteiger partial charge in [0.25, 0.3) is 0 Å². The number of fused-ring (bicyclic) bond motifs is 2. The maximum Gasteiger partial charge on any atom is 0.232 e. The largest absolute Gasteiger partial charge is 0.486 e. The summed E-state index contributed by atoms with van der Waals surface area (Å²) in [6.45, 7) is 2.90. The highest BCUT2D eigenvalue weighted by Crippen LogP contribution is 2.44. The number of carbonyl (C=O) groups excluding carboxylic acids is 1. The fourth-order valence-corrected chi connectivity index (χ4v) is 4.07. The third-order valence-corrected chi connectivity index (χ3v) is 5.29. The quantitative estimate of drug-likeness (QED) is 0.879. The van der Waals surface area contributed by atoms with Gasteiger partial charge in [-0.05, 0) is 37.4 Å². The normalized spacial score (nSPS) is 29.7. The van der Waals surface area contributed by atoms with E-state index in [4.69, 9.17) is 9.47 Å². The van der Waals surface area contributed by atoms with Gasteiger partial charge >= 0.3 is 0 Å². The van der Waals surface area contributed by atoms with E-state index in [2.05, 4.69) is 10.6 Å². The molecule has 0 radical (unpaired) electrons. The van der Waals surface area contributed by atoms with Gasteiger partial charge in [0.05, 0.1) is 5.41 Å². The van der Waals surface area contributed by atoms with Crippen molar-refractivity contribution in [3.63, 3.8) is 0 Å². The summed E-state index contributed by atoms with van der Waals surface area (Å²) in [5.41, 5.74) is 0.561. The molecule has 1 amide bonds. The molecule has 2 aliphatic heterocycles. The number of rotatable bonds is 2. The molecular weight excluding hydrogens is 280 g/mol. The monoisotopic (exact) mass is 302 g/mol. The first-order valence-corrected chi connectivity index (χ1v) is 8.20. The molecular formula is C17H22N2O3. The molecule has 0 aromatic heterocycles. The van der Waals surface area contributed by atoms with Crippen molar-refractivity contribution in [3.8, 4) is 11.5 Å². The predicted octanol–water partition coefficient (Wildman–Crippen LogP) is 2.18. The van der Waals surface area contributed by atoms with E-state index in [0.717, 1.165) is 43.8 Å². The molecule has 2 N–H and O–H groups in total. The van der Waals surface area contributed by atoms with Crippen molar-refractivity contribution in [1.82, 2.24) is 5.32 Å². The van der Waals surface area contributed by atoms with Gasteiger partial charge < -0.3 is 20.1 Å². The van der Waals surface area contributed by atoms with E-state index in [1.54, 1.807) is 0 Å². The SMILES string of the molecule is O=C(Nc1ccc2c(c1)OCCO2)[C@@]12CCCC[C@H]1CNC2. The second-order valence-electron chi connectivity index (χ2n) is 6.54. The van der Waals surface area contributed by atoms with Gasteiger partial charge in [-0.3, -0.25) is 4.79 Å². The molecule has 4 rings (SSSR count). The first-order chi connectivity index (χ1) is 10.8. The fraction of sp³-hybridized carbons (Fsp3) is 0.588. The Kier molecular flexibility index (Phi) is 3.45. The van der Waals surface area contributed by atoms with Gasteiger partial charge in [-0.15, -0.1) is 0 Å². The Morgan fingerprint density at radius 3 is 3.00 bits per heavy atom. The Morgan fingerprint density at radius 2 is 2.09 bits per heavy atom. The number of carbonyl (C=O) groups is 1. The average Bonchev–Trinajstić information content (AvgIpc) is 3.00. The molecule has 5 heteroatoms. The molecule has 0 spiro atoms. The highest BCUT2D eigenvalue weighted by molar-refractivity contribution is 5.96. The molecule has 0 bridgehead atoms. The van der Waals surface area contributed by atoms with Gasteiger partial charge in [-0.2, -0.15) is 0 Å². The first-order valence-electron chi connectivity index (χ1n) is 8.20. The third-order valence-electron chi connectivity index (χ3n) is 5.29. The lowest BCUT2D eigenvalue weighted by Gasteiger charge is -2.37. The summed E-state index contributed by atoms with van der Waals surface area (Å²) in [6, 6.07) is 5.62.